The fraction of sp³-hybridized carbons (Fsp3) is 0.818. The molecule has 2 fully saturated rings. The molecule has 1 heterocycles. The van der Waals surface area contributed by atoms with Crippen LogP contribution in [0.5, 0.6) is 0 Å². The lowest BCUT2D eigenvalue weighted by Crippen LogP contribution is -2.51. The third kappa shape index (κ3) is 3.25. The Balaban J connectivity index is 1.73. The van der Waals surface area contributed by atoms with Gasteiger partial charge in [0.15, 0.2) is 0 Å². The Labute approximate surface area is 106 Å². The SMILES string of the molecule is O=C(OCCCl)N1CCN(C(=O)C2CC2)CC1. The minimum absolute atomic E-state index is 0.238. The molecule has 0 N–H and O–H groups in total. The van der Waals surface area contributed by atoms with Crippen LogP contribution in [0.3, 0.4) is 0 Å². The van der Waals surface area contributed by atoms with Gasteiger partial charge in [-0.1, -0.05) is 0 Å². The van der Waals surface area contributed by atoms with Crippen molar-refractivity contribution in [2.24, 2.45) is 5.92 Å². The van der Waals surface area contributed by atoms with Gasteiger partial charge in [0.05, 0.1) is 5.88 Å². The van der Waals surface area contributed by atoms with Gasteiger partial charge in [0.2, 0.25) is 5.91 Å². The number of piperazine rings is 1. The number of rotatable bonds is 3. The first-order chi connectivity index (χ1) is 8.22. The molecule has 0 unspecified atom stereocenters. The number of hydrogen-bond donors (Lipinski definition) is 0. The van der Waals surface area contributed by atoms with E-state index in [1.807, 2.05) is 4.90 Å². The average Bonchev–Trinajstić information content (AvgIpc) is 3.19. The lowest BCUT2D eigenvalue weighted by Gasteiger charge is -2.34. The number of ether oxygens (including phenoxy) is 1. The summed E-state index contributed by atoms with van der Waals surface area (Å²) in [5.74, 6) is 0.815. The maximum atomic E-state index is 11.8. The quantitative estimate of drug-likeness (QED) is 0.709. The third-order valence-corrected chi connectivity index (χ3v) is 3.23. The first-order valence-electron chi connectivity index (χ1n) is 5.99. The number of carbonyl (C=O) groups is 2. The molecule has 0 bridgehead atoms. The molecule has 0 spiro atoms. The van der Waals surface area contributed by atoms with Crippen LogP contribution in [-0.2, 0) is 9.53 Å². The van der Waals surface area contributed by atoms with E-state index in [0.717, 1.165) is 12.8 Å². The molecule has 5 nitrogen and oxygen atoms in total. The molecule has 0 atom stereocenters. The molecular formula is C11H17ClN2O3. The first-order valence-corrected chi connectivity index (χ1v) is 6.52. The van der Waals surface area contributed by atoms with Gasteiger partial charge in [0.1, 0.15) is 6.61 Å². The van der Waals surface area contributed by atoms with Gasteiger partial charge in [-0.3, -0.25) is 4.79 Å². The van der Waals surface area contributed by atoms with E-state index in [0.29, 0.717) is 32.1 Å². The van der Waals surface area contributed by atoms with E-state index >= 15 is 0 Å². The number of carbonyl (C=O) groups excluding carboxylic acids is 2. The van der Waals surface area contributed by atoms with Crippen molar-refractivity contribution in [3.05, 3.63) is 0 Å². The van der Waals surface area contributed by atoms with Gasteiger partial charge in [-0.05, 0) is 12.8 Å². The van der Waals surface area contributed by atoms with Gasteiger partial charge in [0.25, 0.3) is 0 Å². The highest BCUT2D eigenvalue weighted by atomic mass is 35.5. The Hall–Kier alpha value is -0.970. The molecule has 0 aromatic carbocycles. The van der Waals surface area contributed by atoms with Crippen LogP contribution in [-0.4, -0.2) is 60.5 Å². The van der Waals surface area contributed by atoms with Gasteiger partial charge in [-0.25, -0.2) is 4.79 Å². The number of amides is 2. The number of halogens is 1. The van der Waals surface area contributed by atoms with Crippen LogP contribution >= 0.6 is 11.6 Å². The van der Waals surface area contributed by atoms with Crippen LogP contribution < -0.4 is 0 Å². The van der Waals surface area contributed by atoms with Crippen LogP contribution in [0.2, 0.25) is 0 Å². The lowest BCUT2D eigenvalue weighted by atomic mass is 10.3. The van der Waals surface area contributed by atoms with E-state index in [-0.39, 0.29) is 24.5 Å². The van der Waals surface area contributed by atoms with Gasteiger partial charge in [0, 0.05) is 32.1 Å². The smallest absolute Gasteiger partial charge is 0.409 e. The highest BCUT2D eigenvalue weighted by molar-refractivity contribution is 6.18. The van der Waals surface area contributed by atoms with Crippen molar-refractivity contribution in [3.63, 3.8) is 0 Å². The van der Waals surface area contributed by atoms with Gasteiger partial charge < -0.3 is 14.5 Å². The largest absolute Gasteiger partial charge is 0.448 e. The summed E-state index contributed by atoms with van der Waals surface area (Å²) in [7, 11) is 0. The number of hydrogen-bond acceptors (Lipinski definition) is 3. The predicted octanol–water partition coefficient (Wildman–Crippen LogP) is 0.916. The maximum Gasteiger partial charge on any atom is 0.409 e. The maximum absolute atomic E-state index is 11.8. The van der Waals surface area contributed by atoms with Crippen LogP contribution in [0.15, 0.2) is 0 Å². The second kappa shape index (κ2) is 5.58. The third-order valence-electron chi connectivity index (χ3n) is 3.08. The zero-order valence-corrected chi connectivity index (χ0v) is 10.5. The molecule has 2 aliphatic rings. The molecule has 0 aromatic heterocycles. The summed E-state index contributed by atoms with van der Waals surface area (Å²) in [4.78, 5) is 26.8. The zero-order valence-electron chi connectivity index (χ0n) is 9.73. The molecule has 17 heavy (non-hydrogen) atoms. The van der Waals surface area contributed by atoms with E-state index in [2.05, 4.69) is 0 Å². The molecule has 2 amide bonds. The van der Waals surface area contributed by atoms with Crippen molar-refractivity contribution in [3.8, 4) is 0 Å². The fourth-order valence-electron chi connectivity index (χ4n) is 1.92. The summed E-state index contributed by atoms with van der Waals surface area (Å²) in [6, 6.07) is 0. The normalized spacial score (nSPS) is 20.3. The second-order valence-electron chi connectivity index (χ2n) is 4.39. The highest BCUT2D eigenvalue weighted by Gasteiger charge is 2.35. The van der Waals surface area contributed by atoms with E-state index < -0.39 is 0 Å². The van der Waals surface area contributed by atoms with Crippen LogP contribution in [0.25, 0.3) is 0 Å². The Bertz CT molecular complexity index is 299. The van der Waals surface area contributed by atoms with Crippen molar-refractivity contribution in [2.75, 3.05) is 38.7 Å². The molecule has 1 aliphatic heterocycles. The molecule has 0 aromatic rings. The van der Waals surface area contributed by atoms with E-state index in [1.165, 1.54) is 0 Å². The molecule has 1 saturated carbocycles. The van der Waals surface area contributed by atoms with Crippen molar-refractivity contribution in [1.29, 1.82) is 0 Å². The van der Waals surface area contributed by atoms with Crippen molar-refractivity contribution < 1.29 is 14.3 Å². The summed E-state index contributed by atoms with van der Waals surface area (Å²) in [5, 5.41) is 0. The Morgan fingerprint density at radius 1 is 1.12 bits per heavy atom. The van der Waals surface area contributed by atoms with E-state index in [4.69, 9.17) is 16.3 Å². The topological polar surface area (TPSA) is 49.9 Å². The van der Waals surface area contributed by atoms with Gasteiger partial charge in [-0.15, -0.1) is 11.6 Å². The molecule has 1 aliphatic carbocycles. The monoisotopic (exact) mass is 260 g/mol. The average molecular weight is 261 g/mol. The fourth-order valence-corrected chi connectivity index (χ4v) is 1.99. The van der Waals surface area contributed by atoms with Gasteiger partial charge >= 0.3 is 6.09 Å². The molecule has 2 rings (SSSR count). The molecule has 0 radical (unpaired) electrons. The van der Waals surface area contributed by atoms with E-state index in [9.17, 15) is 9.59 Å². The number of nitrogens with zero attached hydrogens (tertiary/aromatic N) is 2. The highest BCUT2D eigenvalue weighted by Crippen LogP contribution is 2.31. The predicted molar refractivity (Wildman–Crippen MR) is 62.9 cm³/mol. The Morgan fingerprint density at radius 2 is 1.71 bits per heavy atom. The summed E-state index contributed by atoms with van der Waals surface area (Å²) in [6.07, 6.45) is 1.72. The zero-order chi connectivity index (χ0) is 12.3. The summed E-state index contributed by atoms with van der Waals surface area (Å²) in [5.41, 5.74) is 0. The van der Waals surface area contributed by atoms with Crippen LogP contribution in [0.1, 0.15) is 12.8 Å². The molecule has 1 saturated heterocycles. The molecule has 6 heteroatoms. The van der Waals surface area contributed by atoms with Gasteiger partial charge in [-0.2, -0.15) is 0 Å². The first kappa shape index (κ1) is 12.5. The Morgan fingerprint density at radius 3 is 2.24 bits per heavy atom. The summed E-state index contributed by atoms with van der Waals surface area (Å²) < 4.78 is 4.94. The Kier molecular flexibility index (Phi) is 4.10. The van der Waals surface area contributed by atoms with Crippen molar-refractivity contribution >= 4 is 23.6 Å². The minimum atomic E-state index is -0.329. The van der Waals surface area contributed by atoms with Crippen molar-refractivity contribution in [2.45, 2.75) is 12.8 Å². The van der Waals surface area contributed by atoms with Crippen LogP contribution in [0, 0.1) is 5.92 Å². The number of alkyl halides is 1. The van der Waals surface area contributed by atoms with Crippen LogP contribution in [0.4, 0.5) is 4.79 Å². The van der Waals surface area contributed by atoms with E-state index in [1.54, 1.807) is 4.90 Å². The lowest BCUT2D eigenvalue weighted by molar-refractivity contribution is -0.134. The minimum Gasteiger partial charge on any atom is -0.448 e. The van der Waals surface area contributed by atoms with Crippen molar-refractivity contribution in [1.82, 2.24) is 9.80 Å². The second-order valence-corrected chi connectivity index (χ2v) is 4.77. The molecule has 96 valence electrons. The summed E-state index contributed by atoms with van der Waals surface area (Å²) in [6.45, 7) is 2.58. The standard InChI is InChI=1S/C11H17ClN2O3/c12-3-8-17-11(16)14-6-4-13(5-7-14)10(15)9-1-2-9/h9H,1-8H2. The summed E-state index contributed by atoms with van der Waals surface area (Å²) >= 11 is 5.44. The molecular weight excluding hydrogens is 244 g/mol.